The van der Waals surface area contributed by atoms with Gasteiger partial charge in [-0.25, -0.2) is 8.78 Å². The molecule has 0 aromatic heterocycles. The Hall–Kier alpha value is -1.81. The normalized spacial score (nSPS) is 10.3. The maximum atomic E-state index is 13.5. The van der Waals surface area contributed by atoms with E-state index in [1.165, 1.54) is 6.07 Å². The molecule has 0 aliphatic heterocycles. The minimum Gasteiger partial charge on any atom is -0.397 e. The number of halogens is 3. The van der Waals surface area contributed by atoms with Crippen LogP contribution in [0.1, 0.15) is 0 Å². The van der Waals surface area contributed by atoms with Crippen LogP contribution in [-0.2, 0) is 0 Å². The van der Waals surface area contributed by atoms with E-state index in [1.54, 1.807) is 24.3 Å². The Kier molecular flexibility index (Phi) is 3.15. The maximum Gasteiger partial charge on any atom is 0.184 e. The number of anilines is 3. The second-order valence-corrected chi connectivity index (χ2v) is 3.90. The average Bonchev–Trinajstić information content (AvgIpc) is 2.30. The Labute approximate surface area is 102 Å². The molecule has 2 aromatic rings. The van der Waals surface area contributed by atoms with E-state index >= 15 is 0 Å². The number of benzene rings is 2. The van der Waals surface area contributed by atoms with Crippen LogP contribution in [0.15, 0.2) is 36.4 Å². The first kappa shape index (κ1) is 11.7. The number of nitrogens with one attached hydrogen (secondary N) is 1. The molecule has 0 aliphatic carbocycles. The Morgan fingerprint density at radius 2 is 1.88 bits per heavy atom. The zero-order chi connectivity index (χ0) is 12.4. The maximum absolute atomic E-state index is 13.5. The standard InChI is InChI=1S/C12H9ClF2N2/c13-7-2-1-3-8(6-7)17-12-10(16)5-4-9(14)11(12)15/h1-6,17H,16H2. The van der Waals surface area contributed by atoms with Gasteiger partial charge in [0.15, 0.2) is 11.6 Å². The van der Waals surface area contributed by atoms with Crippen LogP contribution in [0.4, 0.5) is 25.8 Å². The molecule has 0 unspecified atom stereocenters. The summed E-state index contributed by atoms with van der Waals surface area (Å²) in [4.78, 5) is 0. The largest absolute Gasteiger partial charge is 0.397 e. The van der Waals surface area contributed by atoms with Crippen molar-refractivity contribution in [2.24, 2.45) is 0 Å². The average molecular weight is 255 g/mol. The molecule has 5 heteroatoms. The molecule has 0 radical (unpaired) electrons. The summed E-state index contributed by atoms with van der Waals surface area (Å²) in [7, 11) is 0. The van der Waals surface area contributed by atoms with Gasteiger partial charge in [0.1, 0.15) is 5.69 Å². The number of nitrogens with two attached hydrogens (primary N) is 1. The molecule has 0 atom stereocenters. The number of rotatable bonds is 2. The molecule has 0 bridgehead atoms. The first-order chi connectivity index (χ1) is 8.08. The van der Waals surface area contributed by atoms with Crippen LogP contribution < -0.4 is 11.1 Å². The van der Waals surface area contributed by atoms with Gasteiger partial charge in [0, 0.05) is 10.7 Å². The molecule has 3 N–H and O–H groups in total. The molecule has 0 amide bonds. The minimum atomic E-state index is -1.01. The van der Waals surface area contributed by atoms with Crippen molar-refractivity contribution in [1.82, 2.24) is 0 Å². The zero-order valence-electron chi connectivity index (χ0n) is 8.68. The SMILES string of the molecule is Nc1ccc(F)c(F)c1Nc1cccc(Cl)c1. The Balaban J connectivity index is 2.39. The molecule has 0 spiro atoms. The van der Waals surface area contributed by atoms with Crippen molar-refractivity contribution in [3.05, 3.63) is 53.1 Å². The summed E-state index contributed by atoms with van der Waals surface area (Å²) in [5, 5.41) is 3.19. The van der Waals surface area contributed by atoms with Crippen LogP contribution in [0.3, 0.4) is 0 Å². The van der Waals surface area contributed by atoms with E-state index < -0.39 is 11.6 Å². The minimum absolute atomic E-state index is 0.0905. The molecule has 0 heterocycles. The zero-order valence-corrected chi connectivity index (χ0v) is 9.43. The summed E-state index contributed by atoms with van der Waals surface area (Å²) in [6, 6.07) is 8.91. The van der Waals surface area contributed by atoms with Gasteiger partial charge in [-0.05, 0) is 30.3 Å². The first-order valence-electron chi connectivity index (χ1n) is 4.84. The van der Waals surface area contributed by atoms with Crippen molar-refractivity contribution in [1.29, 1.82) is 0 Å². The van der Waals surface area contributed by atoms with Crippen molar-refractivity contribution in [3.8, 4) is 0 Å². The lowest BCUT2D eigenvalue weighted by atomic mass is 10.2. The van der Waals surface area contributed by atoms with Crippen LogP contribution in [0.25, 0.3) is 0 Å². The predicted octanol–water partition coefficient (Wildman–Crippen LogP) is 3.94. The van der Waals surface area contributed by atoms with Crippen LogP contribution in [0.5, 0.6) is 0 Å². The molecule has 0 saturated heterocycles. The van der Waals surface area contributed by atoms with Gasteiger partial charge in [-0.2, -0.15) is 0 Å². The van der Waals surface area contributed by atoms with Crippen molar-refractivity contribution in [2.75, 3.05) is 11.1 Å². The summed E-state index contributed by atoms with van der Waals surface area (Å²) < 4.78 is 26.5. The second-order valence-electron chi connectivity index (χ2n) is 3.46. The molecule has 0 aliphatic rings. The van der Waals surface area contributed by atoms with Gasteiger partial charge in [-0.15, -0.1) is 0 Å². The summed E-state index contributed by atoms with van der Waals surface area (Å²) in [6.07, 6.45) is 0. The molecular weight excluding hydrogens is 246 g/mol. The fraction of sp³-hybridized carbons (Fsp3) is 0. The lowest BCUT2D eigenvalue weighted by molar-refractivity contribution is 0.512. The molecule has 88 valence electrons. The summed E-state index contributed by atoms with van der Waals surface area (Å²) in [6.45, 7) is 0. The summed E-state index contributed by atoms with van der Waals surface area (Å²) >= 11 is 5.78. The lowest BCUT2D eigenvalue weighted by Crippen LogP contribution is -2.01. The van der Waals surface area contributed by atoms with E-state index in [-0.39, 0.29) is 11.4 Å². The van der Waals surface area contributed by atoms with Crippen LogP contribution in [0, 0.1) is 11.6 Å². The molecule has 17 heavy (non-hydrogen) atoms. The van der Waals surface area contributed by atoms with Crippen LogP contribution in [-0.4, -0.2) is 0 Å². The second kappa shape index (κ2) is 4.59. The van der Waals surface area contributed by atoms with Crippen molar-refractivity contribution in [2.45, 2.75) is 0 Å². The Bertz CT molecular complexity index is 558. The lowest BCUT2D eigenvalue weighted by Gasteiger charge is -2.11. The van der Waals surface area contributed by atoms with E-state index in [2.05, 4.69) is 5.32 Å². The van der Waals surface area contributed by atoms with Gasteiger partial charge in [0.2, 0.25) is 0 Å². The van der Waals surface area contributed by atoms with Gasteiger partial charge < -0.3 is 11.1 Å². The highest BCUT2D eigenvalue weighted by Gasteiger charge is 2.11. The highest BCUT2D eigenvalue weighted by atomic mass is 35.5. The van der Waals surface area contributed by atoms with Gasteiger partial charge >= 0.3 is 0 Å². The smallest absolute Gasteiger partial charge is 0.184 e. The van der Waals surface area contributed by atoms with Gasteiger partial charge in [-0.3, -0.25) is 0 Å². The third kappa shape index (κ3) is 2.47. The van der Waals surface area contributed by atoms with Gasteiger partial charge in [0.05, 0.1) is 5.69 Å². The van der Waals surface area contributed by atoms with Crippen LogP contribution >= 0.6 is 11.6 Å². The topological polar surface area (TPSA) is 38.0 Å². The molecule has 2 nitrogen and oxygen atoms in total. The quantitative estimate of drug-likeness (QED) is 0.797. The Morgan fingerprint density at radius 3 is 2.59 bits per heavy atom. The van der Waals surface area contributed by atoms with Crippen molar-refractivity contribution < 1.29 is 8.78 Å². The molecule has 0 saturated carbocycles. The van der Waals surface area contributed by atoms with E-state index in [1.807, 2.05) is 0 Å². The van der Waals surface area contributed by atoms with E-state index in [0.29, 0.717) is 10.7 Å². The van der Waals surface area contributed by atoms with E-state index in [4.69, 9.17) is 17.3 Å². The molecule has 2 aromatic carbocycles. The number of nitrogen functional groups attached to an aromatic ring is 1. The third-order valence-electron chi connectivity index (χ3n) is 2.22. The van der Waals surface area contributed by atoms with Gasteiger partial charge in [0.25, 0.3) is 0 Å². The summed E-state index contributed by atoms with van der Waals surface area (Å²) in [5.74, 6) is -1.96. The Morgan fingerprint density at radius 1 is 1.12 bits per heavy atom. The number of hydrogen-bond acceptors (Lipinski definition) is 2. The fourth-order valence-electron chi connectivity index (χ4n) is 1.40. The van der Waals surface area contributed by atoms with Crippen LogP contribution in [0.2, 0.25) is 5.02 Å². The fourth-order valence-corrected chi connectivity index (χ4v) is 1.59. The highest BCUT2D eigenvalue weighted by molar-refractivity contribution is 6.30. The van der Waals surface area contributed by atoms with Crippen molar-refractivity contribution >= 4 is 28.7 Å². The molecular formula is C12H9ClF2N2. The van der Waals surface area contributed by atoms with E-state index in [0.717, 1.165) is 6.07 Å². The predicted molar refractivity (Wildman–Crippen MR) is 65.5 cm³/mol. The highest BCUT2D eigenvalue weighted by Crippen LogP contribution is 2.28. The number of hydrogen-bond donors (Lipinski definition) is 2. The first-order valence-corrected chi connectivity index (χ1v) is 5.22. The molecule has 0 fully saturated rings. The van der Waals surface area contributed by atoms with Crippen molar-refractivity contribution in [3.63, 3.8) is 0 Å². The summed E-state index contributed by atoms with van der Waals surface area (Å²) in [5.41, 5.74) is 6.15. The van der Waals surface area contributed by atoms with Gasteiger partial charge in [-0.1, -0.05) is 17.7 Å². The van der Waals surface area contributed by atoms with E-state index in [9.17, 15) is 8.78 Å². The monoisotopic (exact) mass is 254 g/mol. The molecule has 2 rings (SSSR count). The third-order valence-corrected chi connectivity index (χ3v) is 2.46.